The molecule has 0 aliphatic carbocycles. The van der Waals surface area contributed by atoms with E-state index in [1.54, 1.807) is 12.0 Å². The summed E-state index contributed by atoms with van der Waals surface area (Å²) in [5, 5.41) is 0. The van der Waals surface area contributed by atoms with Gasteiger partial charge in [0, 0.05) is 23.6 Å². The van der Waals surface area contributed by atoms with E-state index < -0.39 is 17.6 Å². The quantitative estimate of drug-likeness (QED) is 0.264. The highest BCUT2D eigenvalue weighted by atomic mass is 16.6. The minimum atomic E-state index is -0.609. The number of nitrogens with zero attached hydrogens (tertiary/aromatic N) is 1. The highest BCUT2D eigenvalue weighted by molar-refractivity contribution is 6.06. The monoisotopic (exact) mass is 516 g/mol. The zero-order valence-electron chi connectivity index (χ0n) is 23.8. The number of methoxy groups -OCH3 is 1. The summed E-state index contributed by atoms with van der Waals surface area (Å²) in [6.07, 6.45) is 6.56. The van der Waals surface area contributed by atoms with Gasteiger partial charge in [0.1, 0.15) is 18.0 Å². The number of primary amides is 1. The smallest absolute Gasteiger partial charge is 0.341 e. The lowest BCUT2D eigenvalue weighted by Gasteiger charge is -2.33. The number of fused-ring (bicyclic) bond motifs is 1. The minimum absolute atomic E-state index is 0.132. The molecular formula is C29H44N2O6. The molecule has 206 valence electrons. The normalized spacial score (nSPS) is 14.2. The van der Waals surface area contributed by atoms with Crippen molar-refractivity contribution in [3.8, 4) is 5.75 Å². The molecule has 1 aromatic rings. The number of hydrogen-bond donors (Lipinski definition) is 1. The number of allylic oxidation sites excluding steroid dienone is 2. The first-order chi connectivity index (χ1) is 17.4. The van der Waals surface area contributed by atoms with E-state index in [1.165, 1.54) is 0 Å². The van der Waals surface area contributed by atoms with Crippen LogP contribution in [0.2, 0.25) is 0 Å². The molecule has 1 aliphatic heterocycles. The Balaban J connectivity index is 2.58. The predicted molar refractivity (Wildman–Crippen MR) is 145 cm³/mol. The van der Waals surface area contributed by atoms with Gasteiger partial charge < -0.3 is 19.9 Å². The van der Waals surface area contributed by atoms with Gasteiger partial charge in [-0.1, -0.05) is 38.3 Å². The van der Waals surface area contributed by atoms with Gasteiger partial charge in [-0.2, -0.15) is 0 Å². The molecule has 0 saturated carbocycles. The molecule has 0 bridgehead atoms. The zero-order chi connectivity index (χ0) is 27.9. The second-order valence-electron chi connectivity index (χ2n) is 10.7. The molecule has 2 amide bonds. The fourth-order valence-electron chi connectivity index (χ4n) is 4.79. The molecule has 37 heavy (non-hydrogen) atoms. The first kappa shape index (κ1) is 30.2. The van der Waals surface area contributed by atoms with Gasteiger partial charge >= 0.3 is 18.0 Å². The molecule has 1 atom stereocenters. The summed E-state index contributed by atoms with van der Waals surface area (Å²) in [6.45, 7) is 13.6. The molecule has 2 rings (SSSR count). The van der Waals surface area contributed by atoms with Crippen LogP contribution in [0.25, 0.3) is 0 Å². The second-order valence-corrected chi connectivity index (χ2v) is 10.7. The van der Waals surface area contributed by atoms with Gasteiger partial charge in [0.25, 0.3) is 0 Å². The van der Waals surface area contributed by atoms with Crippen LogP contribution in [0.5, 0.6) is 5.75 Å². The van der Waals surface area contributed by atoms with Crippen molar-refractivity contribution < 1.29 is 28.6 Å². The summed E-state index contributed by atoms with van der Waals surface area (Å²) in [6, 6.07) is -0.777. The molecule has 1 aromatic carbocycles. The Morgan fingerprint density at radius 3 is 2.43 bits per heavy atom. The third kappa shape index (κ3) is 7.49. The van der Waals surface area contributed by atoms with Crippen LogP contribution in [-0.4, -0.2) is 36.7 Å². The molecule has 1 heterocycles. The SMILES string of the molecule is CCCCC(CC)N(C(N)=O)c1c(CC=C(C)CCC(=O)OC(C)(C)C)c(OC)c(C)c2c1C(=O)OC2. The van der Waals surface area contributed by atoms with Crippen molar-refractivity contribution in [3.63, 3.8) is 0 Å². The van der Waals surface area contributed by atoms with Crippen LogP contribution < -0.4 is 15.4 Å². The summed E-state index contributed by atoms with van der Waals surface area (Å²) in [5.74, 6) is -0.102. The molecule has 0 radical (unpaired) electrons. The number of urea groups is 1. The van der Waals surface area contributed by atoms with Crippen molar-refractivity contribution in [1.29, 1.82) is 0 Å². The molecule has 8 nitrogen and oxygen atoms in total. The number of nitrogens with two attached hydrogens (primary N) is 1. The first-order valence-electron chi connectivity index (χ1n) is 13.2. The van der Waals surface area contributed by atoms with Crippen LogP contribution in [0.4, 0.5) is 10.5 Å². The predicted octanol–water partition coefficient (Wildman–Crippen LogP) is 6.14. The van der Waals surface area contributed by atoms with Gasteiger partial charge in [0.05, 0.1) is 18.4 Å². The van der Waals surface area contributed by atoms with Crippen LogP contribution in [0, 0.1) is 6.92 Å². The summed E-state index contributed by atoms with van der Waals surface area (Å²) in [7, 11) is 1.59. The average Bonchev–Trinajstić information content (AvgIpc) is 3.20. The van der Waals surface area contributed by atoms with Crippen molar-refractivity contribution in [3.05, 3.63) is 33.9 Å². The van der Waals surface area contributed by atoms with E-state index in [0.717, 1.165) is 36.0 Å². The molecular weight excluding hydrogens is 472 g/mol. The molecule has 8 heteroatoms. The summed E-state index contributed by atoms with van der Waals surface area (Å²) in [4.78, 5) is 39.6. The number of hydrogen-bond acceptors (Lipinski definition) is 6. The van der Waals surface area contributed by atoms with Crippen molar-refractivity contribution in [1.82, 2.24) is 0 Å². The van der Waals surface area contributed by atoms with E-state index in [4.69, 9.17) is 19.9 Å². The molecule has 1 unspecified atom stereocenters. The average molecular weight is 517 g/mol. The fourth-order valence-corrected chi connectivity index (χ4v) is 4.79. The Bertz CT molecular complexity index is 1040. The van der Waals surface area contributed by atoms with Crippen LogP contribution in [0.1, 0.15) is 107 Å². The molecule has 2 N–H and O–H groups in total. The fraction of sp³-hybridized carbons (Fsp3) is 0.621. The number of rotatable bonds is 12. The standard InChI is InChI=1S/C29H44N2O6/c1-9-11-12-20(10-2)31(28(30)34)25-21(15-13-18(3)14-16-23(32)37-29(5,6)7)26(35-8)19(4)22-17-36-27(33)24(22)25/h13,20H,9-12,14-17H2,1-8H3,(H2,30,34). The van der Waals surface area contributed by atoms with Crippen molar-refractivity contribution in [2.45, 2.75) is 112 Å². The first-order valence-corrected chi connectivity index (χ1v) is 13.2. The van der Waals surface area contributed by atoms with E-state index >= 15 is 0 Å². The van der Waals surface area contributed by atoms with Crippen molar-refractivity contribution >= 4 is 23.7 Å². The lowest BCUT2D eigenvalue weighted by atomic mass is 9.91. The van der Waals surface area contributed by atoms with Crippen LogP contribution in [0.3, 0.4) is 0 Å². The van der Waals surface area contributed by atoms with Crippen molar-refractivity contribution in [2.75, 3.05) is 12.0 Å². The third-order valence-electron chi connectivity index (χ3n) is 6.65. The number of benzene rings is 1. The highest BCUT2D eigenvalue weighted by Gasteiger charge is 2.37. The Hall–Kier alpha value is -3.03. The lowest BCUT2D eigenvalue weighted by Crippen LogP contribution is -2.45. The van der Waals surface area contributed by atoms with E-state index in [2.05, 4.69) is 6.92 Å². The van der Waals surface area contributed by atoms with Crippen molar-refractivity contribution in [2.24, 2.45) is 5.73 Å². The summed E-state index contributed by atoms with van der Waals surface area (Å²) < 4.78 is 16.7. The van der Waals surface area contributed by atoms with E-state index in [-0.39, 0.29) is 25.0 Å². The van der Waals surface area contributed by atoms with Gasteiger partial charge in [-0.05, 0) is 65.9 Å². The maximum Gasteiger partial charge on any atom is 0.341 e. The number of ether oxygens (including phenoxy) is 3. The second kappa shape index (κ2) is 13.0. The Morgan fingerprint density at radius 2 is 1.89 bits per heavy atom. The van der Waals surface area contributed by atoms with Gasteiger partial charge in [0.2, 0.25) is 0 Å². The summed E-state index contributed by atoms with van der Waals surface area (Å²) in [5.41, 5.74) is 9.55. The number of amides is 2. The number of cyclic esters (lactones) is 1. The van der Waals surface area contributed by atoms with Gasteiger partial charge in [-0.25, -0.2) is 9.59 Å². The number of carbonyl (C=O) groups is 3. The Labute approximate surface area is 221 Å². The Kier molecular flexibility index (Phi) is 10.6. The maximum atomic E-state index is 13.0. The molecule has 1 aliphatic rings. The molecule has 0 saturated heterocycles. The highest BCUT2D eigenvalue weighted by Crippen LogP contribution is 2.44. The topological polar surface area (TPSA) is 108 Å². The molecule has 0 fully saturated rings. The van der Waals surface area contributed by atoms with Crippen LogP contribution in [0.15, 0.2) is 11.6 Å². The van der Waals surface area contributed by atoms with E-state index in [9.17, 15) is 14.4 Å². The summed E-state index contributed by atoms with van der Waals surface area (Å²) >= 11 is 0. The molecule has 0 spiro atoms. The van der Waals surface area contributed by atoms with Crippen LogP contribution >= 0.6 is 0 Å². The molecule has 0 aromatic heterocycles. The number of esters is 2. The zero-order valence-corrected chi connectivity index (χ0v) is 23.8. The number of unbranched alkanes of at least 4 members (excludes halogenated alkanes) is 1. The van der Waals surface area contributed by atoms with Gasteiger partial charge in [0.15, 0.2) is 0 Å². The number of anilines is 1. The van der Waals surface area contributed by atoms with E-state index in [0.29, 0.717) is 41.8 Å². The van der Waals surface area contributed by atoms with Gasteiger partial charge in [-0.15, -0.1) is 0 Å². The third-order valence-corrected chi connectivity index (χ3v) is 6.65. The van der Waals surface area contributed by atoms with Crippen LogP contribution in [-0.2, 0) is 27.3 Å². The Morgan fingerprint density at radius 1 is 1.22 bits per heavy atom. The number of carbonyl (C=O) groups excluding carboxylic acids is 3. The van der Waals surface area contributed by atoms with E-state index in [1.807, 2.05) is 47.6 Å². The maximum absolute atomic E-state index is 13.0. The van der Waals surface area contributed by atoms with Gasteiger partial charge in [-0.3, -0.25) is 9.69 Å². The largest absolute Gasteiger partial charge is 0.496 e. The lowest BCUT2D eigenvalue weighted by molar-refractivity contribution is -0.154. The minimum Gasteiger partial charge on any atom is -0.496 e.